The molecule has 0 spiro atoms. The highest BCUT2D eigenvalue weighted by Crippen LogP contribution is 2.40. The third-order valence-corrected chi connectivity index (χ3v) is 5.48. The fourth-order valence-corrected chi connectivity index (χ4v) is 3.88. The highest BCUT2D eigenvalue weighted by atomic mass is 19.1. The van der Waals surface area contributed by atoms with E-state index in [2.05, 4.69) is 4.98 Å². The van der Waals surface area contributed by atoms with Gasteiger partial charge in [-0.3, -0.25) is 9.59 Å². The first-order valence-electron chi connectivity index (χ1n) is 10.1. The van der Waals surface area contributed by atoms with Crippen molar-refractivity contribution in [1.82, 2.24) is 14.5 Å². The number of hydrogen-bond donors (Lipinski definition) is 1. The minimum Gasteiger partial charge on any atom is -0.507 e. The van der Waals surface area contributed by atoms with Crippen LogP contribution in [0.5, 0.6) is 5.75 Å². The Balaban J connectivity index is 1.74. The minimum atomic E-state index is -1.03. The number of ether oxygens (including phenoxy) is 1. The molecular formula is C24H22FN3O4. The topological polar surface area (TPSA) is 84.7 Å². The third kappa shape index (κ3) is 3.99. The molecule has 1 aromatic heterocycles. The van der Waals surface area contributed by atoms with E-state index in [0.717, 1.165) is 0 Å². The van der Waals surface area contributed by atoms with E-state index in [9.17, 15) is 19.1 Å². The summed E-state index contributed by atoms with van der Waals surface area (Å²) in [5, 5.41) is 11.0. The Morgan fingerprint density at radius 1 is 1.12 bits per heavy atom. The van der Waals surface area contributed by atoms with E-state index in [-0.39, 0.29) is 23.4 Å². The van der Waals surface area contributed by atoms with Crippen LogP contribution >= 0.6 is 0 Å². The molecule has 32 heavy (non-hydrogen) atoms. The summed E-state index contributed by atoms with van der Waals surface area (Å²) in [5.74, 6) is -1.93. The summed E-state index contributed by atoms with van der Waals surface area (Å²) in [7, 11) is 1.52. The van der Waals surface area contributed by atoms with Crippen LogP contribution in [0.3, 0.4) is 0 Å². The third-order valence-electron chi connectivity index (χ3n) is 5.48. The average Bonchev–Trinajstić information content (AvgIpc) is 3.41. The quantitative estimate of drug-likeness (QED) is 0.349. The summed E-state index contributed by atoms with van der Waals surface area (Å²) in [6.07, 6.45) is 5.63. The van der Waals surface area contributed by atoms with Gasteiger partial charge in [-0.15, -0.1) is 0 Å². The molecule has 1 aliphatic rings. The second-order valence-electron chi connectivity index (χ2n) is 7.40. The summed E-state index contributed by atoms with van der Waals surface area (Å²) in [6, 6.07) is 11.4. The maximum absolute atomic E-state index is 14.8. The number of amides is 1. The van der Waals surface area contributed by atoms with Crippen molar-refractivity contribution in [3.05, 3.63) is 89.8 Å². The van der Waals surface area contributed by atoms with Gasteiger partial charge in [0, 0.05) is 36.6 Å². The molecule has 164 valence electrons. The van der Waals surface area contributed by atoms with E-state index in [1.54, 1.807) is 49.1 Å². The number of hydrogen-bond acceptors (Lipinski definition) is 5. The maximum atomic E-state index is 14.8. The predicted octanol–water partition coefficient (Wildman–Crippen LogP) is 3.54. The van der Waals surface area contributed by atoms with Gasteiger partial charge >= 0.3 is 0 Å². The number of methoxy groups -OCH3 is 1. The lowest BCUT2D eigenvalue weighted by Crippen LogP contribution is -2.31. The van der Waals surface area contributed by atoms with Gasteiger partial charge in [0.25, 0.3) is 11.7 Å². The lowest BCUT2D eigenvalue weighted by atomic mass is 9.95. The zero-order chi connectivity index (χ0) is 22.7. The Morgan fingerprint density at radius 2 is 1.88 bits per heavy atom. The van der Waals surface area contributed by atoms with Crippen LogP contribution < -0.4 is 4.74 Å². The highest BCUT2D eigenvalue weighted by molar-refractivity contribution is 6.46. The molecule has 1 aliphatic heterocycles. The first-order chi connectivity index (χ1) is 15.5. The normalized spacial score (nSPS) is 17.7. The number of aliphatic hydroxyl groups is 1. The molecule has 1 saturated heterocycles. The van der Waals surface area contributed by atoms with E-state index in [1.807, 2.05) is 4.57 Å². The number of nitrogens with zero attached hydrogens (tertiary/aromatic N) is 3. The summed E-state index contributed by atoms with van der Waals surface area (Å²) in [6.45, 7) is 0.784. The van der Waals surface area contributed by atoms with Crippen molar-refractivity contribution < 1.29 is 23.8 Å². The van der Waals surface area contributed by atoms with Gasteiger partial charge in [0.2, 0.25) is 0 Å². The number of halogens is 1. The summed E-state index contributed by atoms with van der Waals surface area (Å²) >= 11 is 0. The van der Waals surface area contributed by atoms with Gasteiger partial charge in [-0.2, -0.15) is 0 Å². The molecule has 0 radical (unpaired) electrons. The molecule has 1 amide bonds. The van der Waals surface area contributed by atoms with Crippen molar-refractivity contribution in [1.29, 1.82) is 0 Å². The number of likely N-dealkylation sites (tertiary alicyclic amines) is 1. The molecule has 0 bridgehead atoms. The largest absolute Gasteiger partial charge is 0.507 e. The lowest BCUT2D eigenvalue weighted by Gasteiger charge is -2.25. The van der Waals surface area contributed by atoms with Crippen LogP contribution in [0.2, 0.25) is 0 Å². The maximum Gasteiger partial charge on any atom is 0.295 e. The second kappa shape index (κ2) is 9.05. The van der Waals surface area contributed by atoms with Crippen molar-refractivity contribution in [2.45, 2.75) is 19.0 Å². The van der Waals surface area contributed by atoms with E-state index in [4.69, 9.17) is 4.74 Å². The Labute approximate surface area is 184 Å². The number of aliphatic hydroxyl groups excluding tert-OH is 1. The molecule has 0 unspecified atom stereocenters. The first-order valence-corrected chi connectivity index (χ1v) is 10.1. The number of carbonyl (C=O) groups excluding carboxylic acids is 2. The van der Waals surface area contributed by atoms with Crippen molar-refractivity contribution in [2.75, 3.05) is 13.7 Å². The molecule has 2 heterocycles. The molecule has 4 rings (SSSR count). The lowest BCUT2D eigenvalue weighted by molar-refractivity contribution is -0.140. The fraction of sp³-hybridized carbons (Fsp3) is 0.208. The summed E-state index contributed by atoms with van der Waals surface area (Å²) in [4.78, 5) is 31.2. The second-order valence-corrected chi connectivity index (χ2v) is 7.40. The smallest absolute Gasteiger partial charge is 0.295 e. The van der Waals surface area contributed by atoms with Crippen LogP contribution in [0.25, 0.3) is 5.76 Å². The number of aromatic nitrogens is 2. The van der Waals surface area contributed by atoms with Crippen molar-refractivity contribution in [3.8, 4) is 5.75 Å². The van der Waals surface area contributed by atoms with Crippen LogP contribution in [0.4, 0.5) is 4.39 Å². The zero-order valence-corrected chi connectivity index (χ0v) is 17.4. The minimum absolute atomic E-state index is 0.132. The molecule has 1 atom stereocenters. The van der Waals surface area contributed by atoms with Crippen molar-refractivity contribution in [2.24, 2.45) is 0 Å². The van der Waals surface area contributed by atoms with E-state index in [1.165, 1.54) is 30.2 Å². The molecule has 7 nitrogen and oxygen atoms in total. The molecule has 1 N–H and O–H groups in total. The zero-order valence-electron chi connectivity index (χ0n) is 17.4. The van der Waals surface area contributed by atoms with Gasteiger partial charge in [-0.05, 0) is 36.8 Å². The van der Waals surface area contributed by atoms with Crippen LogP contribution in [0.1, 0.15) is 23.6 Å². The Morgan fingerprint density at radius 3 is 2.53 bits per heavy atom. The van der Waals surface area contributed by atoms with Crippen LogP contribution in [0, 0.1) is 5.82 Å². The number of Topliss-reactive ketones (excluding diaryl/α,β-unsaturated/α-hetero) is 1. The number of carbonyl (C=O) groups is 2. The molecule has 1 fully saturated rings. The van der Waals surface area contributed by atoms with Gasteiger partial charge in [0.15, 0.2) is 0 Å². The molecule has 2 aromatic carbocycles. The first kappa shape index (κ1) is 21.3. The predicted molar refractivity (Wildman–Crippen MR) is 115 cm³/mol. The van der Waals surface area contributed by atoms with Gasteiger partial charge in [0.1, 0.15) is 17.3 Å². The number of ketones is 1. The molecular weight excluding hydrogens is 413 g/mol. The number of rotatable bonds is 7. The summed E-state index contributed by atoms with van der Waals surface area (Å²) < 4.78 is 21.8. The van der Waals surface area contributed by atoms with Crippen molar-refractivity contribution >= 4 is 17.4 Å². The average molecular weight is 435 g/mol. The number of aryl methyl sites for hydroxylation is 1. The Hall–Kier alpha value is -3.94. The fourth-order valence-electron chi connectivity index (χ4n) is 3.88. The standard InChI is InChI=1S/C24H22FN3O4/c1-32-17-9-7-16(8-10-17)22(29)20-21(18-5-2-3-6-19(18)25)28(24(31)23(20)30)13-4-12-27-14-11-26-15-27/h2-3,5-11,14-15,21,29H,4,12-13H2,1H3/b22-20+/t21-/m0/s1. The SMILES string of the molecule is COc1ccc(/C(O)=C2\C(=O)C(=O)N(CCCn3ccnc3)[C@H]2c2ccccc2F)cc1. The van der Waals surface area contributed by atoms with Gasteiger partial charge in [-0.1, -0.05) is 18.2 Å². The van der Waals surface area contributed by atoms with Crippen LogP contribution in [0.15, 0.2) is 72.8 Å². The van der Waals surface area contributed by atoms with Crippen LogP contribution in [-0.2, 0) is 16.1 Å². The van der Waals surface area contributed by atoms with Gasteiger partial charge in [0.05, 0.1) is 25.1 Å². The molecule has 0 aliphatic carbocycles. The highest BCUT2D eigenvalue weighted by Gasteiger charge is 2.46. The van der Waals surface area contributed by atoms with Gasteiger partial charge in [-0.25, -0.2) is 9.37 Å². The van der Waals surface area contributed by atoms with E-state index < -0.39 is 23.5 Å². The van der Waals surface area contributed by atoms with Crippen LogP contribution in [-0.4, -0.2) is 44.9 Å². The van der Waals surface area contributed by atoms with E-state index in [0.29, 0.717) is 24.3 Å². The van der Waals surface area contributed by atoms with Gasteiger partial charge < -0.3 is 19.3 Å². The number of benzene rings is 2. The molecule has 3 aromatic rings. The number of imidazole rings is 1. The van der Waals surface area contributed by atoms with Crippen molar-refractivity contribution in [3.63, 3.8) is 0 Å². The Bertz CT molecular complexity index is 1160. The van der Waals surface area contributed by atoms with E-state index >= 15 is 0 Å². The molecule has 8 heteroatoms. The summed E-state index contributed by atoms with van der Waals surface area (Å²) in [5.41, 5.74) is 0.362. The Kier molecular flexibility index (Phi) is 6.02. The monoisotopic (exact) mass is 435 g/mol. The molecule has 0 saturated carbocycles.